The molecule has 0 atom stereocenters. The number of halogens is 3. The lowest BCUT2D eigenvalue weighted by Gasteiger charge is -2.09. The molecule has 1 amide bonds. The van der Waals surface area contributed by atoms with Gasteiger partial charge in [0, 0.05) is 6.42 Å². The van der Waals surface area contributed by atoms with Crippen molar-refractivity contribution >= 4 is 63.7 Å². The molecule has 0 saturated carbocycles. The van der Waals surface area contributed by atoms with Gasteiger partial charge < -0.3 is 10.1 Å². The molecule has 0 fully saturated rings. The van der Waals surface area contributed by atoms with Gasteiger partial charge in [0.1, 0.15) is 0 Å². The molecule has 2 rings (SSSR count). The predicted octanol–water partition coefficient (Wildman–Crippen LogP) is 4.82. The number of esters is 1. The van der Waals surface area contributed by atoms with Crippen LogP contribution in [0.3, 0.4) is 0 Å². The van der Waals surface area contributed by atoms with E-state index in [1.807, 2.05) is 16.8 Å². The minimum Gasteiger partial charge on any atom is -0.456 e. The maximum atomic E-state index is 11.8. The summed E-state index contributed by atoms with van der Waals surface area (Å²) in [6.45, 7) is -0.390. The van der Waals surface area contributed by atoms with Crippen LogP contribution in [0.2, 0.25) is 15.1 Å². The maximum Gasteiger partial charge on any atom is 0.306 e. The van der Waals surface area contributed by atoms with E-state index in [1.54, 1.807) is 11.3 Å². The van der Waals surface area contributed by atoms with E-state index in [4.69, 9.17) is 39.5 Å². The lowest BCUT2D eigenvalue weighted by molar-refractivity contribution is -0.147. The van der Waals surface area contributed by atoms with Gasteiger partial charge in [-0.1, -0.05) is 34.8 Å². The molecule has 8 heteroatoms. The van der Waals surface area contributed by atoms with Gasteiger partial charge in [0.05, 0.1) is 20.8 Å². The van der Waals surface area contributed by atoms with Gasteiger partial charge in [-0.2, -0.15) is 11.3 Å². The lowest BCUT2D eigenvalue weighted by atomic mass is 10.2. The van der Waals surface area contributed by atoms with E-state index in [9.17, 15) is 9.59 Å². The second-order valence-corrected chi connectivity index (χ2v) is 6.59. The number of anilines is 1. The normalized spacial score (nSPS) is 10.4. The highest BCUT2D eigenvalue weighted by Crippen LogP contribution is 2.32. The average molecular weight is 393 g/mol. The Morgan fingerprint density at radius 1 is 1.13 bits per heavy atom. The van der Waals surface area contributed by atoms with E-state index < -0.39 is 11.9 Å². The molecule has 2 aromatic rings. The van der Waals surface area contributed by atoms with Crippen molar-refractivity contribution in [2.75, 3.05) is 11.9 Å². The van der Waals surface area contributed by atoms with Crippen molar-refractivity contribution in [1.29, 1.82) is 0 Å². The molecule has 0 aliphatic heterocycles. The smallest absolute Gasteiger partial charge is 0.306 e. The van der Waals surface area contributed by atoms with Crippen molar-refractivity contribution in [2.24, 2.45) is 0 Å². The third-order valence-corrected chi connectivity index (χ3v) is 4.61. The zero-order valence-corrected chi connectivity index (χ0v) is 14.9. The number of nitrogens with one attached hydrogen (secondary N) is 1. The van der Waals surface area contributed by atoms with E-state index in [0.29, 0.717) is 12.1 Å². The van der Waals surface area contributed by atoms with Crippen molar-refractivity contribution in [3.8, 4) is 0 Å². The van der Waals surface area contributed by atoms with E-state index in [1.165, 1.54) is 12.1 Å². The largest absolute Gasteiger partial charge is 0.456 e. The lowest BCUT2D eigenvalue weighted by Crippen LogP contribution is -2.21. The van der Waals surface area contributed by atoms with Crippen LogP contribution < -0.4 is 5.32 Å². The fraction of sp³-hybridized carbons (Fsp3) is 0.200. The summed E-state index contributed by atoms with van der Waals surface area (Å²) in [5.74, 6) is -0.944. The number of hydrogen-bond donors (Lipinski definition) is 1. The summed E-state index contributed by atoms with van der Waals surface area (Å²) < 4.78 is 4.92. The molecular weight excluding hydrogens is 381 g/mol. The fourth-order valence-corrected chi connectivity index (χ4v) is 3.00. The number of amides is 1. The van der Waals surface area contributed by atoms with Crippen molar-refractivity contribution < 1.29 is 14.3 Å². The monoisotopic (exact) mass is 391 g/mol. The summed E-state index contributed by atoms with van der Waals surface area (Å²) in [6, 6.07) is 4.80. The molecule has 1 aromatic carbocycles. The van der Waals surface area contributed by atoms with E-state index >= 15 is 0 Å². The Morgan fingerprint density at radius 3 is 2.57 bits per heavy atom. The van der Waals surface area contributed by atoms with Gasteiger partial charge in [-0.3, -0.25) is 9.59 Å². The first-order valence-electron chi connectivity index (χ1n) is 6.57. The number of rotatable bonds is 6. The second-order valence-electron chi connectivity index (χ2n) is 4.59. The highest BCUT2D eigenvalue weighted by molar-refractivity contribution is 7.07. The molecule has 4 nitrogen and oxygen atoms in total. The van der Waals surface area contributed by atoms with E-state index in [0.717, 1.165) is 5.56 Å². The van der Waals surface area contributed by atoms with Crippen LogP contribution in [0.1, 0.15) is 12.0 Å². The Labute approximate surface area is 152 Å². The first-order chi connectivity index (χ1) is 11.0. The topological polar surface area (TPSA) is 55.4 Å². The van der Waals surface area contributed by atoms with Crippen LogP contribution in [0.15, 0.2) is 29.0 Å². The molecule has 1 aromatic heterocycles. The summed E-state index contributed by atoms with van der Waals surface area (Å²) >= 11 is 19.2. The van der Waals surface area contributed by atoms with Crippen molar-refractivity contribution in [1.82, 2.24) is 0 Å². The zero-order chi connectivity index (χ0) is 16.8. The summed E-state index contributed by atoms with van der Waals surface area (Å²) in [4.78, 5) is 23.4. The number of ether oxygens (including phenoxy) is 1. The van der Waals surface area contributed by atoms with Crippen LogP contribution in [0.5, 0.6) is 0 Å². The maximum absolute atomic E-state index is 11.8. The van der Waals surface area contributed by atoms with Crippen LogP contribution in [-0.4, -0.2) is 18.5 Å². The zero-order valence-electron chi connectivity index (χ0n) is 11.8. The quantitative estimate of drug-likeness (QED) is 0.566. The summed E-state index contributed by atoms with van der Waals surface area (Å²) in [5.41, 5.74) is 1.37. The molecule has 0 unspecified atom stereocenters. The molecule has 1 heterocycles. The Hall–Kier alpha value is -1.27. The molecule has 0 saturated heterocycles. The van der Waals surface area contributed by atoms with Crippen LogP contribution >= 0.6 is 46.1 Å². The highest BCUT2D eigenvalue weighted by Gasteiger charge is 2.12. The van der Waals surface area contributed by atoms with E-state index in [2.05, 4.69) is 5.32 Å². The van der Waals surface area contributed by atoms with Gasteiger partial charge in [0.2, 0.25) is 0 Å². The molecular formula is C15H12Cl3NO3S. The first-order valence-corrected chi connectivity index (χ1v) is 8.64. The van der Waals surface area contributed by atoms with E-state index in [-0.39, 0.29) is 28.1 Å². The minimum absolute atomic E-state index is 0.220. The first kappa shape index (κ1) is 18.1. The van der Waals surface area contributed by atoms with Crippen LogP contribution in [0.25, 0.3) is 0 Å². The second kappa shape index (κ2) is 8.55. The summed E-state index contributed by atoms with van der Waals surface area (Å²) in [5, 5.41) is 7.21. The Balaban J connectivity index is 1.78. The summed E-state index contributed by atoms with van der Waals surface area (Å²) in [6.07, 6.45) is 0.806. The van der Waals surface area contributed by atoms with Crippen molar-refractivity contribution in [2.45, 2.75) is 12.8 Å². The van der Waals surface area contributed by atoms with Crippen molar-refractivity contribution in [3.63, 3.8) is 0 Å². The Morgan fingerprint density at radius 2 is 1.87 bits per heavy atom. The Bertz CT molecular complexity index is 704. The third kappa shape index (κ3) is 5.70. The highest BCUT2D eigenvalue weighted by atomic mass is 35.5. The van der Waals surface area contributed by atoms with Crippen molar-refractivity contribution in [3.05, 3.63) is 49.6 Å². The van der Waals surface area contributed by atoms with Crippen LogP contribution in [0.4, 0.5) is 5.69 Å². The number of thiophene rings is 1. The van der Waals surface area contributed by atoms with Gasteiger partial charge in [-0.15, -0.1) is 0 Å². The Kier molecular flexibility index (Phi) is 6.72. The molecule has 0 aliphatic carbocycles. The predicted molar refractivity (Wildman–Crippen MR) is 93.7 cm³/mol. The van der Waals surface area contributed by atoms with Gasteiger partial charge >= 0.3 is 5.97 Å². The third-order valence-electron chi connectivity index (χ3n) is 2.85. The van der Waals surface area contributed by atoms with Crippen LogP contribution in [0, 0.1) is 0 Å². The molecule has 0 radical (unpaired) electrons. The molecule has 1 N–H and O–H groups in total. The minimum atomic E-state index is -0.505. The average Bonchev–Trinajstić information content (AvgIpc) is 3.02. The number of carbonyl (C=O) groups is 2. The standard InChI is InChI=1S/C15H12Cl3NO3S/c16-10-5-12(18)13(6-11(10)17)19-14(20)7-22-15(21)2-1-9-3-4-23-8-9/h3-6,8H,1-2,7H2,(H,19,20). The molecule has 0 spiro atoms. The SMILES string of the molecule is O=C(COC(=O)CCc1ccsc1)Nc1cc(Cl)c(Cl)cc1Cl. The molecule has 0 bridgehead atoms. The van der Waals surface area contributed by atoms with Gasteiger partial charge in [-0.25, -0.2) is 0 Å². The summed E-state index contributed by atoms with van der Waals surface area (Å²) in [7, 11) is 0. The number of carbonyl (C=O) groups excluding carboxylic acids is 2. The van der Waals surface area contributed by atoms with Gasteiger partial charge in [0.15, 0.2) is 6.61 Å². The van der Waals surface area contributed by atoms with Gasteiger partial charge in [-0.05, 0) is 40.9 Å². The van der Waals surface area contributed by atoms with Gasteiger partial charge in [0.25, 0.3) is 5.91 Å². The number of hydrogen-bond acceptors (Lipinski definition) is 4. The molecule has 23 heavy (non-hydrogen) atoms. The fourth-order valence-electron chi connectivity index (χ4n) is 1.70. The van der Waals surface area contributed by atoms with Crippen LogP contribution in [-0.2, 0) is 20.7 Å². The number of benzene rings is 1. The molecule has 0 aliphatic rings. The number of aryl methyl sites for hydroxylation is 1. The molecule has 122 valence electrons.